The summed E-state index contributed by atoms with van der Waals surface area (Å²) in [5, 5.41) is 27.2. The van der Waals surface area contributed by atoms with Crippen LogP contribution in [0.2, 0.25) is 0 Å². The molecule has 2 rings (SSSR count). The van der Waals surface area contributed by atoms with Crippen LogP contribution in [-0.2, 0) is 32.0 Å². The van der Waals surface area contributed by atoms with Crippen LogP contribution >= 0.6 is 0 Å². The first-order chi connectivity index (χ1) is 18.4. The Labute approximate surface area is 229 Å². The number of carboxylic acid groups (broad SMARTS) is 1. The molecular weight excluding hydrogens is 500 g/mol. The van der Waals surface area contributed by atoms with Crippen molar-refractivity contribution in [2.24, 2.45) is 17.6 Å². The maximum atomic E-state index is 13.4. The highest BCUT2D eigenvalue weighted by Gasteiger charge is 2.32. The molecule has 0 aliphatic heterocycles. The molecule has 0 aliphatic carbocycles. The predicted molar refractivity (Wildman–Crippen MR) is 148 cm³/mol. The van der Waals surface area contributed by atoms with Crippen molar-refractivity contribution in [2.45, 2.75) is 71.1 Å². The number of nitrogens with one attached hydrogen (secondary N) is 3. The van der Waals surface area contributed by atoms with E-state index in [4.69, 9.17) is 5.73 Å². The Morgan fingerprint density at radius 2 is 1.31 bits per heavy atom. The lowest BCUT2D eigenvalue weighted by molar-refractivity contribution is -0.142. The summed E-state index contributed by atoms with van der Waals surface area (Å²) in [6, 6.07) is 10.9. The van der Waals surface area contributed by atoms with E-state index in [-0.39, 0.29) is 30.4 Å². The van der Waals surface area contributed by atoms with Crippen LogP contribution in [0.15, 0.2) is 54.6 Å². The highest BCUT2D eigenvalue weighted by molar-refractivity contribution is 5.94. The topological polar surface area (TPSA) is 171 Å². The van der Waals surface area contributed by atoms with Gasteiger partial charge in [0.15, 0.2) is 0 Å². The van der Waals surface area contributed by atoms with Gasteiger partial charge in [-0.25, -0.2) is 4.79 Å². The second-order valence-corrected chi connectivity index (χ2v) is 10.2. The zero-order valence-corrected chi connectivity index (χ0v) is 22.9. The van der Waals surface area contributed by atoms with Gasteiger partial charge in [0, 0.05) is 12.8 Å². The number of hydrogen-bond acceptors (Lipinski definition) is 6. The van der Waals surface area contributed by atoms with Crippen LogP contribution in [0, 0.1) is 11.8 Å². The van der Waals surface area contributed by atoms with Crippen LogP contribution in [0.1, 0.15) is 45.2 Å². The van der Waals surface area contributed by atoms with E-state index in [2.05, 4.69) is 16.0 Å². The summed E-state index contributed by atoms with van der Waals surface area (Å²) >= 11 is 0. The molecule has 0 saturated heterocycles. The first-order valence-corrected chi connectivity index (χ1v) is 13.1. The molecule has 0 heterocycles. The highest BCUT2D eigenvalue weighted by atomic mass is 16.4. The van der Waals surface area contributed by atoms with E-state index in [9.17, 15) is 29.4 Å². The van der Waals surface area contributed by atoms with E-state index in [0.29, 0.717) is 12.0 Å². The number of carbonyl (C=O) groups is 4. The Hall–Kier alpha value is -3.92. The summed E-state index contributed by atoms with van der Waals surface area (Å²) in [7, 11) is 0. The average molecular weight is 541 g/mol. The monoisotopic (exact) mass is 540 g/mol. The molecule has 3 amide bonds. The van der Waals surface area contributed by atoms with Crippen molar-refractivity contribution in [1.29, 1.82) is 0 Å². The van der Waals surface area contributed by atoms with E-state index in [1.54, 1.807) is 50.2 Å². The molecule has 2 aromatic carbocycles. The molecule has 0 saturated carbocycles. The highest BCUT2D eigenvalue weighted by Crippen LogP contribution is 2.13. The molecule has 5 atom stereocenters. The fourth-order valence-electron chi connectivity index (χ4n) is 3.96. The maximum Gasteiger partial charge on any atom is 0.326 e. The molecule has 7 N–H and O–H groups in total. The number of amides is 3. The number of hydrogen-bond donors (Lipinski definition) is 6. The van der Waals surface area contributed by atoms with Crippen LogP contribution in [-0.4, -0.2) is 58.1 Å². The van der Waals surface area contributed by atoms with Crippen LogP contribution < -0.4 is 21.7 Å². The van der Waals surface area contributed by atoms with Gasteiger partial charge in [-0.2, -0.15) is 0 Å². The van der Waals surface area contributed by atoms with Gasteiger partial charge in [0.2, 0.25) is 17.7 Å². The molecule has 0 bridgehead atoms. The molecule has 2 aromatic rings. The lowest BCUT2D eigenvalue weighted by Crippen LogP contribution is -2.59. The number of aromatic hydroxyl groups is 1. The van der Waals surface area contributed by atoms with Gasteiger partial charge < -0.3 is 31.9 Å². The van der Waals surface area contributed by atoms with Crippen molar-refractivity contribution in [1.82, 2.24) is 16.0 Å². The van der Waals surface area contributed by atoms with Crippen molar-refractivity contribution < 1.29 is 29.4 Å². The Bertz CT molecular complexity index is 1110. The van der Waals surface area contributed by atoms with Crippen LogP contribution in [0.4, 0.5) is 0 Å². The Morgan fingerprint density at radius 3 is 1.85 bits per heavy atom. The SMILES string of the molecule is CCC(C)C(N)C(=O)NC(C(=O)NC(Cc1ccccc1)C(=O)NC(Cc1ccc(O)cc1)C(=O)O)C(C)C. The molecule has 0 aromatic heterocycles. The summed E-state index contributed by atoms with van der Waals surface area (Å²) < 4.78 is 0. The molecule has 0 fully saturated rings. The fraction of sp³-hybridized carbons (Fsp3) is 0.448. The van der Waals surface area contributed by atoms with Gasteiger partial charge in [-0.3, -0.25) is 14.4 Å². The van der Waals surface area contributed by atoms with Gasteiger partial charge in [0.25, 0.3) is 0 Å². The van der Waals surface area contributed by atoms with Crippen molar-refractivity contribution >= 4 is 23.7 Å². The number of phenolic OH excluding ortho intramolecular Hbond substituents is 1. The van der Waals surface area contributed by atoms with E-state index in [0.717, 1.165) is 5.56 Å². The smallest absolute Gasteiger partial charge is 0.326 e. The van der Waals surface area contributed by atoms with E-state index in [1.807, 2.05) is 19.9 Å². The van der Waals surface area contributed by atoms with E-state index in [1.165, 1.54) is 12.1 Å². The number of carboxylic acids is 1. The maximum absolute atomic E-state index is 13.4. The number of aliphatic carboxylic acids is 1. The second kappa shape index (κ2) is 14.9. The molecule has 0 aliphatic rings. The summed E-state index contributed by atoms with van der Waals surface area (Å²) in [5.74, 6) is -3.30. The van der Waals surface area contributed by atoms with Crippen molar-refractivity contribution in [3.63, 3.8) is 0 Å². The first-order valence-electron chi connectivity index (χ1n) is 13.1. The molecule has 5 unspecified atom stereocenters. The van der Waals surface area contributed by atoms with Crippen LogP contribution in [0.3, 0.4) is 0 Å². The van der Waals surface area contributed by atoms with Crippen LogP contribution in [0.25, 0.3) is 0 Å². The van der Waals surface area contributed by atoms with Gasteiger partial charge in [-0.1, -0.05) is 76.6 Å². The molecule has 10 nitrogen and oxygen atoms in total. The molecule has 0 radical (unpaired) electrons. The third-order valence-electron chi connectivity index (χ3n) is 6.71. The first kappa shape index (κ1) is 31.3. The summed E-state index contributed by atoms with van der Waals surface area (Å²) in [4.78, 5) is 51.4. The fourth-order valence-corrected chi connectivity index (χ4v) is 3.96. The second-order valence-electron chi connectivity index (χ2n) is 10.2. The number of phenols is 1. The number of rotatable bonds is 14. The van der Waals surface area contributed by atoms with Crippen molar-refractivity contribution in [2.75, 3.05) is 0 Å². The molecule has 0 spiro atoms. The third-order valence-corrected chi connectivity index (χ3v) is 6.71. The van der Waals surface area contributed by atoms with Crippen molar-refractivity contribution in [3.8, 4) is 5.75 Å². The minimum absolute atomic E-state index is 0.0223. The molecule has 39 heavy (non-hydrogen) atoms. The van der Waals surface area contributed by atoms with Gasteiger partial charge in [-0.15, -0.1) is 0 Å². The predicted octanol–water partition coefficient (Wildman–Crippen LogP) is 1.75. The molecule has 10 heteroatoms. The Morgan fingerprint density at radius 1 is 0.769 bits per heavy atom. The van der Waals surface area contributed by atoms with E-state index >= 15 is 0 Å². The lowest BCUT2D eigenvalue weighted by Gasteiger charge is -2.28. The van der Waals surface area contributed by atoms with Crippen LogP contribution in [0.5, 0.6) is 5.75 Å². The summed E-state index contributed by atoms with van der Waals surface area (Å²) in [5.41, 5.74) is 7.41. The zero-order chi connectivity index (χ0) is 29.1. The lowest BCUT2D eigenvalue weighted by atomic mass is 9.97. The normalized spacial score (nSPS) is 14.9. The van der Waals surface area contributed by atoms with Gasteiger partial charge in [0.05, 0.1) is 6.04 Å². The molecular formula is C29H40N4O6. The summed E-state index contributed by atoms with van der Waals surface area (Å²) in [6.07, 6.45) is 0.780. The van der Waals surface area contributed by atoms with Gasteiger partial charge in [-0.05, 0) is 35.1 Å². The molecule has 212 valence electrons. The number of nitrogens with two attached hydrogens (primary N) is 1. The Kier molecular flexibility index (Phi) is 11.9. The zero-order valence-electron chi connectivity index (χ0n) is 22.9. The Balaban J connectivity index is 2.24. The van der Waals surface area contributed by atoms with Gasteiger partial charge in [0.1, 0.15) is 23.9 Å². The van der Waals surface area contributed by atoms with Crippen molar-refractivity contribution in [3.05, 3.63) is 65.7 Å². The standard InChI is InChI=1S/C29H40N4O6/c1-5-18(4)24(30)27(36)33-25(17(2)3)28(37)31-22(15-19-9-7-6-8-10-19)26(35)32-23(29(38)39)16-20-11-13-21(34)14-12-20/h6-14,17-18,22-25,34H,5,15-16,30H2,1-4H3,(H,31,37)(H,32,35)(H,33,36)(H,38,39). The number of carbonyl (C=O) groups excluding carboxylic acids is 3. The largest absolute Gasteiger partial charge is 0.508 e. The minimum Gasteiger partial charge on any atom is -0.508 e. The number of benzene rings is 2. The minimum atomic E-state index is -1.27. The van der Waals surface area contributed by atoms with E-state index < -0.39 is 47.9 Å². The summed E-state index contributed by atoms with van der Waals surface area (Å²) in [6.45, 7) is 7.31. The quantitative estimate of drug-likeness (QED) is 0.212. The van der Waals surface area contributed by atoms with Gasteiger partial charge >= 0.3 is 5.97 Å². The third kappa shape index (κ3) is 9.72. The average Bonchev–Trinajstić information content (AvgIpc) is 2.91.